The summed E-state index contributed by atoms with van der Waals surface area (Å²) in [5.41, 5.74) is 1.38. The Morgan fingerprint density at radius 1 is 1.24 bits per heavy atom. The minimum absolute atomic E-state index is 0.252. The summed E-state index contributed by atoms with van der Waals surface area (Å²) in [6, 6.07) is 14.2. The number of amides is 1. The fraction of sp³-hybridized carbons (Fsp3) is 0.188. The van der Waals surface area contributed by atoms with Crippen molar-refractivity contribution in [3.8, 4) is 5.75 Å². The molecule has 0 heterocycles. The molecule has 0 aliphatic rings. The van der Waals surface area contributed by atoms with Crippen LogP contribution in [0.1, 0.15) is 22.0 Å². The Hall–Kier alpha value is -1.71. The van der Waals surface area contributed by atoms with Crippen molar-refractivity contribution in [2.75, 3.05) is 13.0 Å². The van der Waals surface area contributed by atoms with Gasteiger partial charge in [-0.2, -0.15) is 0 Å². The lowest BCUT2D eigenvalue weighted by Crippen LogP contribution is -2.29. The van der Waals surface area contributed by atoms with Gasteiger partial charge in [-0.05, 0) is 23.8 Å². The quantitative estimate of drug-likeness (QED) is 0.843. The summed E-state index contributed by atoms with van der Waals surface area (Å²) in [6.07, 6.45) is 0. The second-order valence-corrected chi connectivity index (χ2v) is 5.18. The number of halogens is 2. The topological polar surface area (TPSA) is 38.3 Å². The second kappa shape index (κ2) is 7.34. The number of carbonyl (C=O) groups is 1. The molecule has 0 fully saturated rings. The summed E-state index contributed by atoms with van der Waals surface area (Å²) in [6.45, 7) is 0. The third-order valence-corrected chi connectivity index (χ3v) is 3.61. The first-order valence-electron chi connectivity index (χ1n) is 6.41. The maximum atomic E-state index is 12.4. The molecule has 2 aromatic carbocycles. The van der Waals surface area contributed by atoms with Gasteiger partial charge in [0.2, 0.25) is 0 Å². The lowest BCUT2D eigenvalue weighted by molar-refractivity contribution is 0.0937. The van der Waals surface area contributed by atoms with E-state index in [-0.39, 0.29) is 17.8 Å². The van der Waals surface area contributed by atoms with Gasteiger partial charge in [-0.1, -0.05) is 41.9 Å². The molecule has 0 aliphatic heterocycles. The molecule has 2 rings (SSSR count). The fourth-order valence-electron chi connectivity index (χ4n) is 1.98. The van der Waals surface area contributed by atoms with Gasteiger partial charge in [0.1, 0.15) is 5.75 Å². The van der Waals surface area contributed by atoms with Gasteiger partial charge in [0.15, 0.2) is 0 Å². The molecule has 1 N–H and O–H groups in total. The minimum atomic E-state index is -0.263. The molecule has 0 spiro atoms. The van der Waals surface area contributed by atoms with E-state index < -0.39 is 0 Å². The molecule has 0 saturated carbocycles. The van der Waals surface area contributed by atoms with Gasteiger partial charge >= 0.3 is 0 Å². The van der Waals surface area contributed by atoms with E-state index >= 15 is 0 Å². The number of methoxy groups -OCH3 is 1. The number of hydrogen-bond donors (Lipinski definition) is 1. The van der Waals surface area contributed by atoms with Crippen LogP contribution in [0.3, 0.4) is 0 Å². The van der Waals surface area contributed by atoms with Crippen molar-refractivity contribution in [1.29, 1.82) is 0 Å². The van der Waals surface area contributed by atoms with E-state index in [4.69, 9.17) is 27.9 Å². The first kappa shape index (κ1) is 15.7. The molecule has 110 valence electrons. The van der Waals surface area contributed by atoms with Crippen LogP contribution in [0, 0.1) is 0 Å². The molecule has 21 heavy (non-hydrogen) atoms. The predicted octanol–water partition coefficient (Wildman–Crippen LogP) is 4.06. The number of carbonyl (C=O) groups excluding carboxylic acids is 1. The van der Waals surface area contributed by atoms with Crippen LogP contribution in [0.5, 0.6) is 5.75 Å². The Labute approximate surface area is 133 Å². The molecule has 0 saturated heterocycles. The molecule has 0 aliphatic carbocycles. The Balaban J connectivity index is 2.21. The number of hydrogen-bond acceptors (Lipinski definition) is 2. The lowest BCUT2D eigenvalue weighted by atomic mass is 10.1. The van der Waals surface area contributed by atoms with Gasteiger partial charge < -0.3 is 10.1 Å². The van der Waals surface area contributed by atoms with Crippen LogP contribution < -0.4 is 10.1 Å². The van der Waals surface area contributed by atoms with Gasteiger partial charge in [0.05, 0.1) is 18.7 Å². The number of benzene rings is 2. The summed E-state index contributed by atoms with van der Waals surface area (Å²) >= 11 is 11.9. The van der Waals surface area contributed by atoms with E-state index in [9.17, 15) is 4.79 Å². The van der Waals surface area contributed by atoms with Crippen molar-refractivity contribution >= 4 is 29.1 Å². The van der Waals surface area contributed by atoms with Crippen molar-refractivity contribution in [2.45, 2.75) is 6.04 Å². The van der Waals surface area contributed by atoms with E-state index in [0.717, 1.165) is 5.56 Å². The molecule has 0 bridgehead atoms. The zero-order valence-electron chi connectivity index (χ0n) is 11.5. The van der Waals surface area contributed by atoms with Gasteiger partial charge in [0.25, 0.3) is 5.91 Å². The molecule has 5 heteroatoms. The third-order valence-electron chi connectivity index (χ3n) is 3.07. The monoisotopic (exact) mass is 323 g/mol. The largest absolute Gasteiger partial charge is 0.496 e. The van der Waals surface area contributed by atoms with Crippen LogP contribution >= 0.6 is 23.2 Å². The Morgan fingerprint density at radius 2 is 1.95 bits per heavy atom. The zero-order chi connectivity index (χ0) is 15.2. The predicted molar refractivity (Wildman–Crippen MR) is 85.4 cm³/mol. The van der Waals surface area contributed by atoms with E-state index in [1.807, 2.05) is 30.3 Å². The minimum Gasteiger partial charge on any atom is -0.496 e. The molecule has 1 atom stereocenters. The standard InChI is InChI=1S/C16H15Cl2NO2/c1-21-15-9-12(18)7-8-13(15)16(20)19-14(10-17)11-5-3-2-4-6-11/h2-9,14H,10H2,1H3,(H,19,20). The van der Waals surface area contributed by atoms with Crippen LogP contribution in [0.15, 0.2) is 48.5 Å². The van der Waals surface area contributed by atoms with Crippen molar-refractivity contribution in [3.63, 3.8) is 0 Å². The number of alkyl halides is 1. The van der Waals surface area contributed by atoms with Crippen molar-refractivity contribution in [3.05, 3.63) is 64.7 Å². The van der Waals surface area contributed by atoms with Crippen LogP contribution in [0.2, 0.25) is 5.02 Å². The van der Waals surface area contributed by atoms with Crippen LogP contribution in [-0.4, -0.2) is 18.9 Å². The fourth-order valence-corrected chi connectivity index (χ4v) is 2.40. The molecule has 1 unspecified atom stereocenters. The van der Waals surface area contributed by atoms with Crippen molar-refractivity contribution < 1.29 is 9.53 Å². The number of rotatable bonds is 5. The maximum Gasteiger partial charge on any atom is 0.255 e. The molecular weight excluding hydrogens is 309 g/mol. The van der Waals surface area contributed by atoms with Gasteiger partial charge in [-0.3, -0.25) is 4.79 Å². The van der Waals surface area contributed by atoms with E-state index in [0.29, 0.717) is 16.3 Å². The summed E-state index contributed by atoms with van der Waals surface area (Å²) < 4.78 is 5.19. The summed E-state index contributed by atoms with van der Waals surface area (Å²) in [5.74, 6) is 0.463. The van der Waals surface area contributed by atoms with E-state index in [1.165, 1.54) is 7.11 Å². The van der Waals surface area contributed by atoms with Crippen LogP contribution in [0.25, 0.3) is 0 Å². The van der Waals surface area contributed by atoms with Crippen molar-refractivity contribution in [2.24, 2.45) is 0 Å². The summed E-state index contributed by atoms with van der Waals surface area (Å²) in [4.78, 5) is 12.4. The number of nitrogens with one attached hydrogen (secondary N) is 1. The first-order chi connectivity index (χ1) is 10.2. The Morgan fingerprint density at radius 3 is 2.57 bits per heavy atom. The lowest BCUT2D eigenvalue weighted by Gasteiger charge is -2.17. The molecule has 2 aromatic rings. The molecule has 0 aromatic heterocycles. The van der Waals surface area contributed by atoms with Gasteiger partial charge in [-0.15, -0.1) is 11.6 Å². The second-order valence-electron chi connectivity index (χ2n) is 4.44. The highest BCUT2D eigenvalue weighted by molar-refractivity contribution is 6.30. The third kappa shape index (κ3) is 3.90. The van der Waals surface area contributed by atoms with Gasteiger partial charge in [-0.25, -0.2) is 0 Å². The average Bonchev–Trinajstić information content (AvgIpc) is 2.53. The first-order valence-corrected chi connectivity index (χ1v) is 7.32. The normalized spacial score (nSPS) is 11.8. The van der Waals surface area contributed by atoms with Crippen molar-refractivity contribution in [1.82, 2.24) is 5.32 Å². The smallest absolute Gasteiger partial charge is 0.255 e. The van der Waals surface area contributed by atoms with Crippen LogP contribution in [-0.2, 0) is 0 Å². The Kier molecular flexibility index (Phi) is 5.48. The highest BCUT2D eigenvalue weighted by atomic mass is 35.5. The zero-order valence-corrected chi connectivity index (χ0v) is 13.0. The van der Waals surface area contributed by atoms with E-state index in [1.54, 1.807) is 18.2 Å². The molecule has 1 amide bonds. The molecular formula is C16H15Cl2NO2. The summed E-state index contributed by atoms with van der Waals surface area (Å²) in [7, 11) is 1.50. The highest BCUT2D eigenvalue weighted by Gasteiger charge is 2.17. The molecule has 0 radical (unpaired) electrons. The van der Waals surface area contributed by atoms with Crippen LogP contribution in [0.4, 0.5) is 0 Å². The highest BCUT2D eigenvalue weighted by Crippen LogP contribution is 2.24. The number of ether oxygens (including phenoxy) is 1. The SMILES string of the molecule is COc1cc(Cl)ccc1C(=O)NC(CCl)c1ccccc1. The summed E-state index contributed by atoms with van der Waals surface area (Å²) in [5, 5.41) is 3.41. The molecule has 3 nitrogen and oxygen atoms in total. The average molecular weight is 324 g/mol. The Bertz CT molecular complexity index is 617. The maximum absolute atomic E-state index is 12.4. The van der Waals surface area contributed by atoms with E-state index in [2.05, 4.69) is 5.32 Å². The van der Waals surface area contributed by atoms with Gasteiger partial charge in [0, 0.05) is 10.9 Å².